The zero-order chi connectivity index (χ0) is 23.3. The largest absolute Gasteiger partial charge is 0.490 e. The Morgan fingerprint density at radius 1 is 1.03 bits per heavy atom. The summed E-state index contributed by atoms with van der Waals surface area (Å²) >= 11 is 3.10. The molecule has 1 saturated carbocycles. The fourth-order valence-corrected chi connectivity index (χ4v) is 4.09. The van der Waals surface area contributed by atoms with Gasteiger partial charge >= 0.3 is 7.90 Å². The van der Waals surface area contributed by atoms with Crippen molar-refractivity contribution in [3.63, 3.8) is 0 Å². The number of carbonyl (C=O) groups excluding carboxylic acids is 1. The van der Waals surface area contributed by atoms with Gasteiger partial charge in [0.05, 0.1) is 6.10 Å². The third-order valence-electron chi connectivity index (χ3n) is 5.13. The Labute approximate surface area is 216 Å². The van der Waals surface area contributed by atoms with Gasteiger partial charge in [-0.1, -0.05) is 0 Å². The van der Waals surface area contributed by atoms with Crippen molar-refractivity contribution in [2.45, 2.75) is 39.7 Å². The number of hydrogen-bond acceptors (Lipinski definition) is 6. The zero-order valence-electron chi connectivity index (χ0n) is 17.3. The number of tetrazole rings is 1. The molecule has 9 nitrogen and oxygen atoms in total. The van der Waals surface area contributed by atoms with Crippen molar-refractivity contribution < 1.29 is 18.7 Å². The molecule has 0 unspecified atom stereocenters. The molecule has 33 heavy (non-hydrogen) atoms. The van der Waals surface area contributed by atoms with Crippen molar-refractivity contribution in [3.05, 3.63) is 48.5 Å². The number of halogens is 3. The minimum absolute atomic E-state index is 0.0824. The van der Waals surface area contributed by atoms with Gasteiger partial charge < -0.3 is 20.1 Å². The SMILES string of the molecule is O=C(Nc1ccc(OC(F)(I)I)cc1)NC1CCC(Oc2ccc(-c3nnn[nH]3)cc2)CC1. The number of hydrogen-bond donors (Lipinski definition) is 3. The Morgan fingerprint density at radius 3 is 2.30 bits per heavy atom. The quantitative estimate of drug-likeness (QED) is 0.234. The number of H-pyrrole nitrogens is 1. The fourth-order valence-electron chi connectivity index (χ4n) is 3.58. The van der Waals surface area contributed by atoms with E-state index in [1.807, 2.05) is 24.3 Å². The van der Waals surface area contributed by atoms with E-state index in [4.69, 9.17) is 9.47 Å². The molecule has 0 radical (unpaired) electrons. The smallest absolute Gasteiger partial charge is 0.350 e. The molecule has 1 aliphatic carbocycles. The number of nitrogens with zero attached hydrogens (tertiary/aromatic N) is 3. The number of rotatable bonds is 7. The average molecular weight is 678 g/mol. The highest BCUT2D eigenvalue weighted by Gasteiger charge is 2.24. The van der Waals surface area contributed by atoms with Crippen molar-refractivity contribution in [1.29, 1.82) is 0 Å². The van der Waals surface area contributed by atoms with E-state index < -0.39 is 1.87 Å². The highest BCUT2D eigenvalue weighted by Crippen LogP contribution is 2.33. The molecule has 0 spiro atoms. The number of aromatic nitrogens is 4. The van der Waals surface area contributed by atoms with Gasteiger partial charge in [0.15, 0.2) is 5.82 Å². The van der Waals surface area contributed by atoms with Crippen molar-refractivity contribution >= 4 is 56.9 Å². The van der Waals surface area contributed by atoms with E-state index in [0.717, 1.165) is 37.0 Å². The minimum Gasteiger partial charge on any atom is -0.490 e. The molecule has 0 atom stereocenters. The fraction of sp³-hybridized carbons (Fsp3) is 0.333. The van der Waals surface area contributed by atoms with E-state index in [0.29, 0.717) is 17.3 Å². The summed E-state index contributed by atoms with van der Waals surface area (Å²) in [5.41, 5.74) is 1.49. The number of urea groups is 1. The maximum absolute atomic E-state index is 13.5. The number of amides is 2. The zero-order valence-corrected chi connectivity index (χ0v) is 21.6. The maximum Gasteiger partial charge on any atom is 0.350 e. The minimum atomic E-state index is -1.82. The van der Waals surface area contributed by atoms with Crippen LogP contribution in [0.3, 0.4) is 0 Å². The molecular weight excluding hydrogens is 657 g/mol. The Morgan fingerprint density at radius 2 is 1.70 bits per heavy atom. The number of nitrogens with one attached hydrogen (secondary N) is 3. The van der Waals surface area contributed by atoms with Crippen LogP contribution in [0.15, 0.2) is 48.5 Å². The second-order valence-corrected chi connectivity index (χ2v) is 12.4. The second kappa shape index (κ2) is 10.8. The molecule has 174 valence electrons. The lowest BCUT2D eigenvalue weighted by Gasteiger charge is -2.29. The van der Waals surface area contributed by atoms with Gasteiger partial charge in [0.25, 0.3) is 0 Å². The summed E-state index contributed by atoms with van der Waals surface area (Å²) in [6, 6.07) is 14.0. The van der Waals surface area contributed by atoms with E-state index in [1.165, 1.54) is 0 Å². The normalized spacial score (nSPS) is 18.4. The van der Waals surface area contributed by atoms with Gasteiger partial charge in [-0.25, -0.2) is 9.89 Å². The Bertz CT molecular complexity index is 1040. The molecule has 2 aromatic carbocycles. The highest BCUT2D eigenvalue weighted by molar-refractivity contribution is 14.2. The van der Waals surface area contributed by atoms with Crippen molar-refractivity contribution in [2.24, 2.45) is 0 Å². The van der Waals surface area contributed by atoms with E-state index >= 15 is 0 Å². The van der Waals surface area contributed by atoms with Gasteiger partial charge in [-0.2, -0.15) is 4.39 Å². The van der Waals surface area contributed by atoms with Gasteiger partial charge in [-0.05, 0) is 84.6 Å². The summed E-state index contributed by atoms with van der Waals surface area (Å²) in [6.45, 7) is 0. The molecule has 1 heterocycles. The monoisotopic (exact) mass is 678 g/mol. The molecule has 1 aliphatic rings. The van der Waals surface area contributed by atoms with Crippen LogP contribution in [0.4, 0.5) is 14.9 Å². The van der Waals surface area contributed by atoms with Crippen LogP contribution in [0.25, 0.3) is 11.4 Å². The molecule has 2 amide bonds. The summed E-state index contributed by atoms with van der Waals surface area (Å²) in [6.07, 6.45) is 3.47. The maximum atomic E-state index is 13.5. The molecule has 12 heteroatoms. The summed E-state index contributed by atoms with van der Waals surface area (Å²) in [7, 11) is 0. The molecule has 3 aromatic rings. The molecule has 0 saturated heterocycles. The van der Waals surface area contributed by atoms with Crippen LogP contribution < -0.4 is 20.1 Å². The number of benzene rings is 2. The summed E-state index contributed by atoms with van der Waals surface area (Å²) in [5.74, 6) is 1.79. The lowest BCUT2D eigenvalue weighted by molar-refractivity contribution is 0.141. The van der Waals surface area contributed by atoms with Gasteiger partial charge in [-0.3, -0.25) is 0 Å². The number of aromatic amines is 1. The first kappa shape index (κ1) is 23.9. The predicted octanol–water partition coefficient (Wildman–Crippen LogP) is 5.21. The average Bonchev–Trinajstić information content (AvgIpc) is 3.31. The molecule has 0 bridgehead atoms. The number of ether oxygens (including phenoxy) is 2. The first-order valence-electron chi connectivity index (χ1n) is 10.3. The third-order valence-corrected chi connectivity index (χ3v) is 5.57. The molecule has 1 fully saturated rings. The van der Waals surface area contributed by atoms with Crippen LogP contribution in [0.2, 0.25) is 0 Å². The van der Waals surface area contributed by atoms with Gasteiger partial charge in [0, 0.05) is 62.5 Å². The lowest BCUT2D eigenvalue weighted by Crippen LogP contribution is -2.41. The van der Waals surface area contributed by atoms with E-state index in [9.17, 15) is 9.18 Å². The Hall–Kier alpha value is -2.23. The van der Waals surface area contributed by atoms with Crippen LogP contribution in [-0.4, -0.2) is 40.7 Å². The van der Waals surface area contributed by atoms with E-state index in [1.54, 1.807) is 69.4 Å². The topological polar surface area (TPSA) is 114 Å². The Kier molecular flexibility index (Phi) is 7.82. The van der Waals surface area contributed by atoms with Crippen LogP contribution in [0.5, 0.6) is 11.5 Å². The van der Waals surface area contributed by atoms with Crippen LogP contribution in [0.1, 0.15) is 25.7 Å². The van der Waals surface area contributed by atoms with Crippen LogP contribution >= 0.6 is 45.2 Å². The predicted molar refractivity (Wildman–Crippen MR) is 137 cm³/mol. The van der Waals surface area contributed by atoms with Crippen LogP contribution in [0, 0.1) is 0 Å². The summed E-state index contributed by atoms with van der Waals surface area (Å²) in [5, 5.41) is 19.6. The summed E-state index contributed by atoms with van der Waals surface area (Å²) < 4.78 is 22.9. The molecular formula is C21H21FI2N6O3. The third kappa shape index (κ3) is 7.38. The summed E-state index contributed by atoms with van der Waals surface area (Å²) in [4.78, 5) is 12.3. The highest BCUT2D eigenvalue weighted by atomic mass is 127. The van der Waals surface area contributed by atoms with E-state index in [2.05, 4.69) is 31.3 Å². The number of alkyl halides is 3. The van der Waals surface area contributed by atoms with Gasteiger partial charge in [0.2, 0.25) is 0 Å². The van der Waals surface area contributed by atoms with Gasteiger partial charge in [-0.15, -0.1) is 5.10 Å². The second-order valence-electron chi connectivity index (χ2n) is 7.54. The standard InChI is InChI=1S/C21H21FI2N6O3/c22-21(23,24)33-18-11-5-15(6-12-18)26-20(31)25-14-3-9-17(10-4-14)32-16-7-1-13(2-8-16)19-27-29-30-28-19/h1-2,5-8,11-12,14,17H,3-4,9-10H2,(H2,25,26,31)(H,27,28,29,30). The first-order valence-corrected chi connectivity index (χ1v) is 12.4. The molecule has 0 aliphatic heterocycles. The van der Waals surface area contributed by atoms with E-state index in [-0.39, 0.29) is 18.2 Å². The molecule has 4 rings (SSSR count). The molecule has 1 aromatic heterocycles. The lowest BCUT2D eigenvalue weighted by atomic mass is 9.93. The number of carbonyl (C=O) groups is 1. The first-order chi connectivity index (χ1) is 15.8. The van der Waals surface area contributed by atoms with Crippen LogP contribution in [-0.2, 0) is 0 Å². The van der Waals surface area contributed by atoms with Crippen molar-refractivity contribution in [2.75, 3.05) is 5.32 Å². The van der Waals surface area contributed by atoms with Crippen molar-refractivity contribution in [1.82, 2.24) is 25.9 Å². The Balaban J connectivity index is 1.19. The van der Waals surface area contributed by atoms with Gasteiger partial charge in [0.1, 0.15) is 11.5 Å². The van der Waals surface area contributed by atoms with Crippen molar-refractivity contribution in [3.8, 4) is 22.9 Å². The molecule has 3 N–H and O–H groups in total. The number of anilines is 1.